The first-order chi connectivity index (χ1) is 19.5. The summed E-state index contributed by atoms with van der Waals surface area (Å²) >= 11 is 1.81. The molecule has 1 aliphatic heterocycles. The molecule has 2 N–H and O–H groups in total. The van der Waals surface area contributed by atoms with Crippen LogP contribution in [0.15, 0.2) is 48.7 Å². The molecule has 6 rings (SSSR count). The van der Waals surface area contributed by atoms with Crippen LogP contribution in [0.2, 0.25) is 0 Å². The van der Waals surface area contributed by atoms with E-state index in [1.807, 2.05) is 23.6 Å². The van der Waals surface area contributed by atoms with Crippen LogP contribution >= 0.6 is 11.3 Å². The molecule has 0 saturated heterocycles. The summed E-state index contributed by atoms with van der Waals surface area (Å²) in [6.45, 7) is 6.75. The number of aromatic amines is 1. The lowest BCUT2D eigenvalue weighted by molar-refractivity contribution is 0.414. The van der Waals surface area contributed by atoms with E-state index in [-0.39, 0.29) is 29.0 Å². The summed E-state index contributed by atoms with van der Waals surface area (Å²) < 4.78 is 48.1. The van der Waals surface area contributed by atoms with Gasteiger partial charge in [-0.25, -0.2) is 17.8 Å². The molecule has 216 valence electrons. The van der Waals surface area contributed by atoms with Crippen molar-refractivity contribution in [1.29, 1.82) is 0 Å². The van der Waals surface area contributed by atoms with Gasteiger partial charge < -0.3 is 10.1 Å². The highest BCUT2D eigenvalue weighted by Crippen LogP contribution is 2.46. The Balaban J connectivity index is 1.15. The molecule has 41 heavy (non-hydrogen) atoms. The van der Waals surface area contributed by atoms with Crippen molar-refractivity contribution in [2.24, 2.45) is 0 Å². The lowest BCUT2D eigenvalue weighted by atomic mass is 9.96. The molecule has 11 heteroatoms. The van der Waals surface area contributed by atoms with Gasteiger partial charge in [-0.05, 0) is 54.5 Å². The second-order valence-electron chi connectivity index (χ2n) is 11.9. The zero-order valence-corrected chi connectivity index (χ0v) is 25.2. The predicted octanol–water partition coefficient (Wildman–Crippen LogP) is 6.96. The van der Waals surface area contributed by atoms with E-state index in [1.165, 1.54) is 14.2 Å². The van der Waals surface area contributed by atoms with Crippen LogP contribution in [0.5, 0.6) is 5.75 Å². The molecule has 2 unspecified atom stereocenters. The Hall–Kier alpha value is -3.44. The fourth-order valence-corrected chi connectivity index (χ4v) is 8.36. The summed E-state index contributed by atoms with van der Waals surface area (Å²) in [7, 11) is -2.13. The van der Waals surface area contributed by atoms with Crippen molar-refractivity contribution in [3.8, 4) is 5.75 Å². The molecular weight excluding hydrogens is 561 g/mol. The van der Waals surface area contributed by atoms with Crippen LogP contribution in [0.1, 0.15) is 78.6 Å². The predicted molar refractivity (Wildman–Crippen MR) is 160 cm³/mol. The number of rotatable bonds is 7. The van der Waals surface area contributed by atoms with Crippen LogP contribution in [0.25, 0.3) is 0 Å². The third kappa shape index (κ3) is 5.44. The lowest BCUT2D eigenvalue weighted by Crippen LogP contribution is -2.26. The molecule has 8 nitrogen and oxygen atoms in total. The van der Waals surface area contributed by atoms with Crippen molar-refractivity contribution >= 4 is 38.6 Å². The zero-order chi connectivity index (χ0) is 28.9. The van der Waals surface area contributed by atoms with Crippen LogP contribution in [-0.4, -0.2) is 30.7 Å². The zero-order valence-electron chi connectivity index (χ0n) is 23.6. The van der Waals surface area contributed by atoms with Gasteiger partial charge in [0, 0.05) is 40.2 Å². The number of hydrogen-bond donors (Lipinski definition) is 2. The monoisotopic (exact) mass is 595 g/mol. The number of anilines is 3. The summed E-state index contributed by atoms with van der Waals surface area (Å²) in [5, 5.41) is 11.8. The third-order valence-corrected chi connectivity index (χ3v) is 11.2. The molecule has 0 spiro atoms. The van der Waals surface area contributed by atoms with Gasteiger partial charge in [0.15, 0.2) is 11.6 Å². The molecular formula is C30H34FN5O3S2. The number of fused-ring (bicyclic) bond motifs is 1. The first-order valence-corrected chi connectivity index (χ1v) is 16.2. The van der Waals surface area contributed by atoms with Crippen LogP contribution in [0.4, 0.5) is 21.6 Å². The number of aromatic nitrogens is 3. The number of hydrogen-bond acceptors (Lipinski definition) is 7. The van der Waals surface area contributed by atoms with Gasteiger partial charge in [0.2, 0.25) is 10.0 Å². The van der Waals surface area contributed by atoms with Crippen molar-refractivity contribution in [2.45, 2.75) is 69.6 Å². The van der Waals surface area contributed by atoms with Gasteiger partial charge in [0.1, 0.15) is 5.75 Å². The molecule has 2 aromatic carbocycles. The van der Waals surface area contributed by atoms with Gasteiger partial charge in [0.25, 0.3) is 0 Å². The maximum Gasteiger partial charge on any atom is 0.239 e. The first-order valence-electron chi connectivity index (χ1n) is 13.7. The highest BCUT2D eigenvalue weighted by molar-refractivity contribution is 7.92. The lowest BCUT2D eigenvalue weighted by Gasteiger charge is -2.19. The van der Waals surface area contributed by atoms with E-state index in [0.29, 0.717) is 29.1 Å². The van der Waals surface area contributed by atoms with E-state index in [2.05, 4.69) is 36.3 Å². The van der Waals surface area contributed by atoms with Gasteiger partial charge in [0.05, 0.1) is 35.8 Å². The Morgan fingerprint density at radius 1 is 1.15 bits per heavy atom. The number of methoxy groups -OCH3 is 1. The summed E-state index contributed by atoms with van der Waals surface area (Å²) in [5.74, 6) is 0.978. The van der Waals surface area contributed by atoms with Crippen LogP contribution in [-0.2, 0) is 27.7 Å². The minimum Gasteiger partial charge on any atom is -0.497 e. The molecule has 0 radical (unpaired) electrons. The maximum atomic E-state index is 15.6. The average molecular weight is 596 g/mol. The fraction of sp³-hybridized carbons (Fsp3) is 0.400. The second kappa shape index (κ2) is 10.4. The summed E-state index contributed by atoms with van der Waals surface area (Å²) in [6, 6.07) is 12.3. The Labute approximate surface area is 244 Å². The van der Waals surface area contributed by atoms with Crippen molar-refractivity contribution < 1.29 is 17.5 Å². The number of sulfonamides is 1. The van der Waals surface area contributed by atoms with Crippen molar-refractivity contribution in [3.05, 3.63) is 81.2 Å². The van der Waals surface area contributed by atoms with Gasteiger partial charge in [-0.2, -0.15) is 5.10 Å². The molecule has 1 saturated carbocycles. The average Bonchev–Trinajstić information content (AvgIpc) is 3.72. The molecule has 2 atom stereocenters. The summed E-state index contributed by atoms with van der Waals surface area (Å²) in [4.78, 5) is 6.03. The number of halogens is 1. The maximum absolute atomic E-state index is 15.6. The molecule has 3 heterocycles. The molecule has 2 aliphatic rings. The van der Waals surface area contributed by atoms with Crippen LogP contribution in [0.3, 0.4) is 0 Å². The topological polar surface area (TPSA) is 100 Å². The molecule has 2 aromatic heterocycles. The third-order valence-electron chi connectivity index (χ3n) is 7.98. The molecule has 1 aliphatic carbocycles. The normalized spacial score (nSPS) is 19.9. The summed E-state index contributed by atoms with van der Waals surface area (Å²) in [6.07, 6.45) is 5.12. The van der Waals surface area contributed by atoms with Crippen LogP contribution < -0.4 is 14.4 Å². The van der Waals surface area contributed by atoms with E-state index in [0.717, 1.165) is 30.5 Å². The Kier molecular flexibility index (Phi) is 7.05. The van der Waals surface area contributed by atoms with Gasteiger partial charge >= 0.3 is 0 Å². The largest absolute Gasteiger partial charge is 0.497 e. The fourth-order valence-electron chi connectivity index (χ4n) is 5.63. The highest BCUT2D eigenvalue weighted by atomic mass is 32.2. The van der Waals surface area contributed by atoms with Gasteiger partial charge in [-0.15, -0.1) is 11.3 Å². The number of H-pyrrole nitrogens is 1. The molecule has 1 fully saturated rings. The SMILES string of the molecule is COc1ccc(CN2c3ccc(Nc4cc(C5CCC(c6ncc(C(C)(C)C)s6)C5)[nH]n4)c(F)c3CS2(=O)=O)cc1. The minimum absolute atomic E-state index is 0.101. The summed E-state index contributed by atoms with van der Waals surface area (Å²) in [5.41, 5.74) is 2.62. The van der Waals surface area contributed by atoms with E-state index >= 15 is 4.39 Å². The minimum atomic E-state index is -3.71. The highest BCUT2D eigenvalue weighted by Gasteiger charge is 2.36. The smallest absolute Gasteiger partial charge is 0.239 e. The van der Waals surface area contributed by atoms with E-state index in [1.54, 1.807) is 43.5 Å². The van der Waals surface area contributed by atoms with Crippen molar-refractivity contribution in [2.75, 3.05) is 16.7 Å². The number of nitrogens with one attached hydrogen (secondary N) is 2. The van der Waals surface area contributed by atoms with E-state index in [4.69, 9.17) is 9.72 Å². The standard InChI is InChI=1S/C30H34FN5O3S2/c1-30(2,3)26-15-32-29(40-26)20-8-7-19(13-20)24-14-27(35-34-24)33-23-11-12-25-22(28(23)31)17-41(37,38)36(25)16-18-5-9-21(39-4)10-6-18/h5-6,9-12,14-15,19-20H,7-8,13,16-17H2,1-4H3,(H2,33,34,35). The molecule has 0 amide bonds. The Morgan fingerprint density at radius 3 is 2.61 bits per heavy atom. The Bertz CT molecular complexity index is 1670. The first kappa shape index (κ1) is 27.7. The van der Waals surface area contributed by atoms with Gasteiger partial charge in [-0.3, -0.25) is 9.40 Å². The van der Waals surface area contributed by atoms with Gasteiger partial charge in [-0.1, -0.05) is 32.9 Å². The second-order valence-corrected chi connectivity index (χ2v) is 14.8. The van der Waals surface area contributed by atoms with E-state index < -0.39 is 15.8 Å². The van der Waals surface area contributed by atoms with Crippen molar-refractivity contribution in [1.82, 2.24) is 15.2 Å². The Morgan fingerprint density at radius 2 is 1.90 bits per heavy atom. The van der Waals surface area contributed by atoms with Crippen molar-refractivity contribution in [3.63, 3.8) is 0 Å². The molecule has 0 bridgehead atoms. The quantitative estimate of drug-likeness (QED) is 0.240. The van der Waals surface area contributed by atoms with E-state index in [9.17, 15) is 8.42 Å². The number of thiazole rings is 1. The number of nitrogens with zero attached hydrogens (tertiary/aromatic N) is 3. The number of benzene rings is 2. The molecule has 4 aromatic rings. The number of ether oxygens (including phenoxy) is 1. The van der Waals surface area contributed by atoms with Crippen LogP contribution in [0, 0.1) is 5.82 Å².